The summed E-state index contributed by atoms with van der Waals surface area (Å²) in [4.78, 5) is 25.3. The average molecular weight is 797 g/mol. The lowest BCUT2D eigenvalue weighted by molar-refractivity contribution is -0.301. The Bertz CT molecular complexity index is 970. The van der Waals surface area contributed by atoms with Gasteiger partial charge in [-0.05, 0) is 64.2 Å². The lowest BCUT2D eigenvalue weighted by Crippen LogP contribution is -2.59. The van der Waals surface area contributed by atoms with E-state index in [1.165, 1.54) is 89.9 Å². The van der Waals surface area contributed by atoms with Gasteiger partial charge in [0.05, 0.1) is 13.2 Å². The van der Waals surface area contributed by atoms with E-state index >= 15 is 0 Å². The highest BCUT2D eigenvalue weighted by Crippen LogP contribution is 2.22. The van der Waals surface area contributed by atoms with Gasteiger partial charge in [-0.25, -0.2) is 0 Å². The summed E-state index contributed by atoms with van der Waals surface area (Å²) in [6.45, 7) is 3.78. The highest BCUT2D eigenvalue weighted by molar-refractivity contribution is 5.70. The van der Waals surface area contributed by atoms with Crippen LogP contribution in [0.25, 0.3) is 0 Å². The molecule has 1 aliphatic heterocycles. The molecule has 0 aromatic rings. The van der Waals surface area contributed by atoms with Crippen LogP contribution in [0.15, 0.2) is 24.3 Å². The third-order valence-electron chi connectivity index (χ3n) is 10.6. The molecular weight excluding hydrogens is 712 g/mol. The minimum absolute atomic E-state index is 0.0418. The first-order valence-electron chi connectivity index (χ1n) is 22.9. The monoisotopic (exact) mass is 797 g/mol. The topological polar surface area (TPSA) is 152 Å². The smallest absolute Gasteiger partial charge is 0.306 e. The minimum atomic E-state index is -1.55. The number of carbonyl (C=O) groups excluding carboxylic acids is 2. The lowest BCUT2D eigenvalue weighted by atomic mass is 9.99. The molecule has 0 aliphatic carbocycles. The zero-order valence-electron chi connectivity index (χ0n) is 35.6. The van der Waals surface area contributed by atoms with Crippen LogP contribution < -0.4 is 0 Å². The van der Waals surface area contributed by atoms with Crippen LogP contribution in [0.5, 0.6) is 0 Å². The van der Waals surface area contributed by atoms with Crippen molar-refractivity contribution in [2.45, 2.75) is 237 Å². The highest BCUT2D eigenvalue weighted by atomic mass is 16.7. The number of hydrogen-bond donors (Lipinski definition) is 4. The molecule has 4 N–H and O–H groups in total. The SMILES string of the molecule is CCCCCCCC/C=C\CCCCCCCC(=O)OCC(CCO[C@@H]1O[C@H](CO)[C@H](O)[C@H](O)[C@H]1O)OC(=O)CCCCCCC/C=C\CCCCCCCC. The molecule has 10 nitrogen and oxygen atoms in total. The Morgan fingerprint density at radius 2 is 1.00 bits per heavy atom. The van der Waals surface area contributed by atoms with Gasteiger partial charge in [0, 0.05) is 19.3 Å². The van der Waals surface area contributed by atoms with Gasteiger partial charge in [0.25, 0.3) is 0 Å². The zero-order chi connectivity index (χ0) is 40.9. The van der Waals surface area contributed by atoms with Crippen LogP contribution in [0, 0.1) is 0 Å². The summed E-state index contributed by atoms with van der Waals surface area (Å²) < 4.78 is 22.3. The summed E-state index contributed by atoms with van der Waals surface area (Å²) in [6.07, 6.45) is 32.8. The van der Waals surface area contributed by atoms with Crippen LogP contribution in [-0.4, -0.2) is 89.0 Å². The summed E-state index contributed by atoms with van der Waals surface area (Å²) in [5.41, 5.74) is 0. The van der Waals surface area contributed by atoms with Gasteiger partial charge in [0.2, 0.25) is 0 Å². The van der Waals surface area contributed by atoms with E-state index in [0.717, 1.165) is 77.0 Å². The fourth-order valence-electron chi connectivity index (χ4n) is 6.88. The number of rotatable bonds is 38. The van der Waals surface area contributed by atoms with E-state index < -0.39 is 43.4 Å². The molecule has 0 radical (unpaired) electrons. The van der Waals surface area contributed by atoms with Crippen molar-refractivity contribution in [2.75, 3.05) is 19.8 Å². The zero-order valence-corrected chi connectivity index (χ0v) is 35.6. The van der Waals surface area contributed by atoms with E-state index in [4.69, 9.17) is 18.9 Å². The molecule has 0 spiro atoms. The summed E-state index contributed by atoms with van der Waals surface area (Å²) in [6, 6.07) is 0. The molecule has 328 valence electrons. The Kier molecular flexibility index (Phi) is 34.9. The maximum atomic E-state index is 12.8. The average Bonchev–Trinajstić information content (AvgIpc) is 3.19. The van der Waals surface area contributed by atoms with Crippen molar-refractivity contribution in [1.82, 2.24) is 0 Å². The predicted octanol–water partition coefficient (Wildman–Crippen LogP) is 9.72. The number of carbonyl (C=O) groups is 2. The second-order valence-corrected chi connectivity index (χ2v) is 15.8. The maximum Gasteiger partial charge on any atom is 0.306 e. The first kappa shape index (κ1) is 52.2. The van der Waals surface area contributed by atoms with Gasteiger partial charge in [0.1, 0.15) is 37.1 Å². The van der Waals surface area contributed by atoms with E-state index in [-0.39, 0.29) is 38.0 Å². The summed E-state index contributed by atoms with van der Waals surface area (Å²) in [7, 11) is 0. The van der Waals surface area contributed by atoms with Gasteiger partial charge in [0.15, 0.2) is 6.29 Å². The van der Waals surface area contributed by atoms with Gasteiger partial charge < -0.3 is 39.4 Å². The van der Waals surface area contributed by atoms with Gasteiger partial charge in [-0.3, -0.25) is 9.59 Å². The van der Waals surface area contributed by atoms with Crippen molar-refractivity contribution >= 4 is 11.9 Å². The lowest BCUT2D eigenvalue weighted by Gasteiger charge is -2.39. The molecule has 56 heavy (non-hydrogen) atoms. The van der Waals surface area contributed by atoms with E-state index in [1.807, 2.05) is 0 Å². The number of allylic oxidation sites excluding steroid dienone is 4. The van der Waals surface area contributed by atoms with Crippen LogP contribution in [0.4, 0.5) is 0 Å². The number of ether oxygens (including phenoxy) is 4. The maximum absolute atomic E-state index is 12.8. The molecule has 1 rings (SSSR count). The quantitative estimate of drug-likeness (QED) is 0.0270. The van der Waals surface area contributed by atoms with Crippen LogP contribution >= 0.6 is 0 Å². The van der Waals surface area contributed by atoms with Crippen molar-refractivity contribution in [3.05, 3.63) is 24.3 Å². The third-order valence-corrected chi connectivity index (χ3v) is 10.6. The molecule has 0 aromatic carbocycles. The highest BCUT2D eigenvalue weighted by Gasteiger charge is 2.44. The number of aliphatic hydroxyl groups excluding tert-OH is 4. The molecule has 10 heteroatoms. The van der Waals surface area contributed by atoms with Crippen molar-refractivity contribution in [3.8, 4) is 0 Å². The largest absolute Gasteiger partial charge is 0.462 e. The Balaban J connectivity index is 2.34. The molecular formula is C46H84O10. The number of aliphatic hydroxyl groups is 4. The fourth-order valence-corrected chi connectivity index (χ4v) is 6.88. The molecule has 1 aliphatic rings. The molecule has 1 fully saturated rings. The molecule has 0 amide bonds. The summed E-state index contributed by atoms with van der Waals surface area (Å²) in [5, 5.41) is 39.9. The standard InChI is InChI=1S/C46H84O10/c1-3-5-7-9-11-13-15-17-19-21-23-25-27-29-31-33-41(48)54-38-39(35-36-53-46-45(52)44(51)43(50)40(37-47)56-46)55-42(49)34-32-30-28-26-24-22-20-18-16-14-12-10-8-6-4-2/h17-20,39-40,43-47,50-52H,3-16,21-38H2,1-2H3/b19-17-,20-18-/t39?,40-,43+,44+,45-,46-/m1/s1. The van der Waals surface area contributed by atoms with Crippen LogP contribution in [0.2, 0.25) is 0 Å². The predicted molar refractivity (Wildman–Crippen MR) is 224 cm³/mol. The van der Waals surface area contributed by atoms with E-state index in [9.17, 15) is 30.0 Å². The minimum Gasteiger partial charge on any atom is -0.462 e. The second kappa shape index (κ2) is 37.5. The molecule has 1 saturated heterocycles. The van der Waals surface area contributed by atoms with Crippen molar-refractivity contribution in [2.24, 2.45) is 0 Å². The van der Waals surface area contributed by atoms with Crippen LogP contribution in [0.1, 0.15) is 200 Å². The molecule has 0 saturated carbocycles. The number of unbranched alkanes of at least 4 members (excludes halogenated alkanes) is 22. The van der Waals surface area contributed by atoms with Crippen LogP contribution in [0.3, 0.4) is 0 Å². The van der Waals surface area contributed by atoms with Gasteiger partial charge in [-0.15, -0.1) is 0 Å². The van der Waals surface area contributed by atoms with E-state index in [2.05, 4.69) is 38.2 Å². The molecule has 1 unspecified atom stereocenters. The Labute approximate surface area is 341 Å². The van der Waals surface area contributed by atoms with Crippen molar-refractivity contribution < 1.29 is 49.0 Å². The van der Waals surface area contributed by atoms with E-state index in [0.29, 0.717) is 6.42 Å². The normalized spacial score (nSPS) is 20.6. The molecule has 0 aromatic heterocycles. The van der Waals surface area contributed by atoms with Gasteiger partial charge in [-0.2, -0.15) is 0 Å². The van der Waals surface area contributed by atoms with E-state index in [1.54, 1.807) is 0 Å². The van der Waals surface area contributed by atoms with Crippen molar-refractivity contribution in [1.29, 1.82) is 0 Å². The van der Waals surface area contributed by atoms with Gasteiger partial charge in [-0.1, -0.05) is 141 Å². The molecule has 6 atom stereocenters. The first-order chi connectivity index (χ1) is 27.3. The summed E-state index contributed by atoms with van der Waals surface area (Å²) >= 11 is 0. The Morgan fingerprint density at radius 3 is 1.46 bits per heavy atom. The number of hydrogen-bond acceptors (Lipinski definition) is 10. The fraction of sp³-hybridized carbons (Fsp3) is 0.870. The van der Waals surface area contributed by atoms with Crippen molar-refractivity contribution in [3.63, 3.8) is 0 Å². The first-order valence-corrected chi connectivity index (χ1v) is 22.9. The number of esters is 2. The van der Waals surface area contributed by atoms with Gasteiger partial charge >= 0.3 is 11.9 Å². The molecule has 0 bridgehead atoms. The molecule has 1 heterocycles. The third kappa shape index (κ3) is 28.6. The van der Waals surface area contributed by atoms with Crippen LogP contribution in [-0.2, 0) is 28.5 Å². The second-order valence-electron chi connectivity index (χ2n) is 15.8. The Hall–Kier alpha value is -1.82. The Morgan fingerprint density at radius 1 is 0.571 bits per heavy atom. The summed E-state index contributed by atoms with van der Waals surface area (Å²) in [5.74, 6) is -0.704.